The van der Waals surface area contributed by atoms with Crippen LogP contribution >= 0.6 is 7.82 Å². The van der Waals surface area contributed by atoms with Crippen LogP contribution in [-0.2, 0) is 28.2 Å². The zero-order chi connectivity index (χ0) is 26.4. The SMILES string of the molecule is CCCC(O)C/C=C\C/C=C\C/C=C\C/C=C\CCCC(=O)O[C@H](COC(C)=O)COP(=O)(O)O. The fourth-order valence-electron chi connectivity index (χ4n) is 2.75. The van der Waals surface area contributed by atoms with Crippen molar-refractivity contribution in [1.82, 2.24) is 0 Å². The minimum Gasteiger partial charge on any atom is -0.462 e. The van der Waals surface area contributed by atoms with Crippen LogP contribution in [0.2, 0.25) is 0 Å². The van der Waals surface area contributed by atoms with Crippen molar-refractivity contribution in [2.45, 2.75) is 83.8 Å². The molecule has 9 nitrogen and oxygen atoms in total. The predicted molar refractivity (Wildman–Crippen MR) is 134 cm³/mol. The van der Waals surface area contributed by atoms with Gasteiger partial charge in [0.1, 0.15) is 6.61 Å². The van der Waals surface area contributed by atoms with E-state index in [1.807, 2.05) is 18.2 Å². The number of rotatable bonds is 20. The van der Waals surface area contributed by atoms with Gasteiger partial charge in [0.2, 0.25) is 0 Å². The molecule has 0 fully saturated rings. The third kappa shape index (κ3) is 24.9. The van der Waals surface area contributed by atoms with Crippen molar-refractivity contribution in [3.63, 3.8) is 0 Å². The van der Waals surface area contributed by atoms with Gasteiger partial charge in [-0.1, -0.05) is 62.0 Å². The monoisotopic (exact) mass is 516 g/mol. The van der Waals surface area contributed by atoms with Crippen LogP contribution in [0.25, 0.3) is 0 Å². The van der Waals surface area contributed by atoms with E-state index in [4.69, 9.17) is 19.3 Å². The Bertz CT molecular complexity index is 737. The van der Waals surface area contributed by atoms with Gasteiger partial charge in [-0.25, -0.2) is 4.57 Å². The van der Waals surface area contributed by atoms with Crippen LogP contribution in [-0.4, -0.2) is 52.3 Å². The van der Waals surface area contributed by atoms with Crippen molar-refractivity contribution in [3.8, 4) is 0 Å². The van der Waals surface area contributed by atoms with Gasteiger partial charge in [0.05, 0.1) is 12.7 Å². The molecule has 0 rings (SSSR count). The number of hydrogen-bond acceptors (Lipinski definition) is 7. The van der Waals surface area contributed by atoms with Gasteiger partial charge in [0.25, 0.3) is 0 Å². The van der Waals surface area contributed by atoms with Crippen LogP contribution in [0, 0.1) is 0 Å². The second-order valence-electron chi connectivity index (χ2n) is 7.86. The van der Waals surface area contributed by atoms with Gasteiger partial charge >= 0.3 is 19.8 Å². The van der Waals surface area contributed by atoms with E-state index < -0.39 is 32.5 Å². The number of unbranched alkanes of at least 4 members (excludes halogenated alkanes) is 1. The molecule has 0 aliphatic carbocycles. The van der Waals surface area contributed by atoms with Gasteiger partial charge in [0, 0.05) is 13.3 Å². The first-order chi connectivity index (χ1) is 16.6. The second-order valence-corrected chi connectivity index (χ2v) is 9.10. The molecule has 0 amide bonds. The van der Waals surface area contributed by atoms with Crippen molar-refractivity contribution >= 4 is 19.8 Å². The number of aliphatic hydroxyl groups is 1. The fourth-order valence-corrected chi connectivity index (χ4v) is 3.11. The van der Waals surface area contributed by atoms with Gasteiger partial charge in [-0.05, 0) is 44.9 Å². The van der Waals surface area contributed by atoms with Crippen molar-refractivity contribution in [2.24, 2.45) is 0 Å². The van der Waals surface area contributed by atoms with E-state index in [1.54, 1.807) is 0 Å². The molecule has 200 valence electrons. The maximum absolute atomic E-state index is 11.9. The number of phosphoric acid groups is 1. The standard InChI is InChI=1S/C25H41O9P/c1-3-17-23(27)18-15-13-11-9-7-5-4-6-8-10-12-14-16-19-25(28)34-24(20-32-22(2)26)21-33-35(29,30)31/h4,6-7,9-10,12-13,15,23-24,27H,3,5,8,11,14,16-21H2,1-2H3,(H2,29,30,31)/b6-4-,9-7-,12-10-,15-13-/t23?,24-/m1/s1. The highest BCUT2D eigenvalue weighted by molar-refractivity contribution is 7.46. The van der Waals surface area contributed by atoms with E-state index in [0.717, 1.165) is 32.1 Å². The first-order valence-electron chi connectivity index (χ1n) is 11.9. The van der Waals surface area contributed by atoms with Gasteiger partial charge in [-0.2, -0.15) is 0 Å². The van der Waals surface area contributed by atoms with Crippen LogP contribution in [0.3, 0.4) is 0 Å². The summed E-state index contributed by atoms with van der Waals surface area (Å²) in [5, 5.41) is 9.63. The summed E-state index contributed by atoms with van der Waals surface area (Å²) in [6.45, 7) is 2.31. The molecule has 2 atom stereocenters. The number of phosphoric ester groups is 1. The fraction of sp³-hybridized carbons (Fsp3) is 0.600. The number of aliphatic hydroxyl groups excluding tert-OH is 1. The van der Waals surface area contributed by atoms with Crippen LogP contribution in [0.4, 0.5) is 0 Å². The van der Waals surface area contributed by atoms with E-state index in [1.165, 1.54) is 6.92 Å². The van der Waals surface area contributed by atoms with E-state index in [2.05, 4.69) is 41.8 Å². The zero-order valence-electron chi connectivity index (χ0n) is 20.8. The number of carbonyl (C=O) groups excluding carboxylic acids is 2. The Hall–Kier alpha value is -2.03. The predicted octanol–water partition coefficient (Wildman–Crippen LogP) is 4.69. The van der Waals surface area contributed by atoms with Crippen molar-refractivity contribution < 1.29 is 43.0 Å². The van der Waals surface area contributed by atoms with Crippen LogP contribution in [0.15, 0.2) is 48.6 Å². The molecule has 3 N–H and O–H groups in total. The summed E-state index contributed by atoms with van der Waals surface area (Å²) >= 11 is 0. The molecule has 0 aliphatic heterocycles. The molecule has 0 heterocycles. The molecular weight excluding hydrogens is 475 g/mol. The molecule has 0 saturated heterocycles. The summed E-state index contributed by atoms with van der Waals surface area (Å²) in [5.74, 6) is -1.17. The lowest BCUT2D eigenvalue weighted by molar-refractivity contribution is -0.160. The minimum atomic E-state index is -4.73. The summed E-state index contributed by atoms with van der Waals surface area (Å²) in [4.78, 5) is 40.4. The number of esters is 2. The normalized spacial score (nSPS) is 14.3. The lowest BCUT2D eigenvalue weighted by atomic mass is 10.1. The van der Waals surface area contributed by atoms with E-state index in [9.17, 15) is 19.3 Å². The molecular formula is C25H41O9P. The molecule has 10 heteroatoms. The Balaban J connectivity index is 3.97. The highest BCUT2D eigenvalue weighted by Gasteiger charge is 2.22. The number of hydrogen-bond donors (Lipinski definition) is 3. The molecule has 0 aromatic rings. The zero-order valence-corrected chi connectivity index (χ0v) is 21.7. The molecule has 0 aromatic carbocycles. The summed E-state index contributed by atoms with van der Waals surface area (Å²) in [6.07, 6.45) is 21.4. The molecule has 0 aromatic heterocycles. The molecule has 0 aliphatic rings. The highest BCUT2D eigenvalue weighted by Crippen LogP contribution is 2.35. The topological polar surface area (TPSA) is 140 Å². The molecule has 0 spiro atoms. The van der Waals surface area contributed by atoms with E-state index in [-0.39, 0.29) is 19.1 Å². The van der Waals surface area contributed by atoms with Crippen molar-refractivity contribution in [2.75, 3.05) is 13.2 Å². The Morgan fingerprint density at radius 2 is 1.49 bits per heavy atom. The Kier molecular flexibility index (Phi) is 20.0. The largest absolute Gasteiger partial charge is 0.469 e. The maximum atomic E-state index is 11.9. The van der Waals surface area contributed by atoms with Crippen molar-refractivity contribution in [1.29, 1.82) is 0 Å². The Morgan fingerprint density at radius 1 is 0.914 bits per heavy atom. The van der Waals surface area contributed by atoms with Crippen molar-refractivity contribution in [3.05, 3.63) is 48.6 Å². The number of carbonyl (C=O) groups is 2. The maximum Gasteiger partial charge on any atom is 0.469 e. The number of ether oxygens (including phenoxy) is 2. The van der Waals surface area contributed by atoms with Crippen LogP contribution in [0.1, 0.15) is 71.6 Å². The van der Waals surface area contributed by atoms with Gasteiger partial charge < -0.3 is 24.4 Å². The summed E-state index contributed by atoms with van der Waals surface area (Å²) in [5.41, 5.74) is 0. The van der Waals surface area contributed by atoms with Gasteiger partial charge in [0.15, 0.2) is 6.10 Å². The lowest BCUT2D eigenvalue weighted by Crippen LogP contribution is -2.29. The smallest absolute Gasteiger partial charge is 0.462 e. The average Bonchev–Trinajstić information content (AvgIpc) is 2.77. The third-order valence-electron chi connectivity index (χ3n) is 4.46. The molecule has 0 bridgehead atoms. The summed E-state index contributed by atoms with van der Waals surface area (Å²) in [7, 11) is -4.73. The number of allylic oxidation sites excluding steroid dienone is 7. The minimum absolute atomic E-state index is 0.115. The molecule has 35 heavy (non-hydrogen) atoms. The molecule has 0 saturated carbocycles. The third-order valence-corrected chi connectivity index (χ3v) is 4.95. The summed E-state index contributed by atoms with van der Waals surface area (Å²) < 4.78 is 25.0. The van der Waals surface area contributed by atoms with Crippen LogP contribution < -0.4 is 0 Å². The molecule has 1 unspecified atom stereocenters. The lowest BCUT2D eigenvalue weighted by Gasteiger charge is -2.17. The first kappa shape index (κ1) is 33.0. The summed E-state index contributed by atoms with van der Waals surface area (Å²) in [6, 6.07) is 0. The van der Waals surface area contributed by atoms with E-state index in [0.29, 0.717) is 19.3 Å². The van der Waals surface area contributed by atoms with E-state index >= 15 is 0 Å². The van der Waals surface area contributed by atoms with Gasteiger partial charge in [-0.15, -0.1) is 0 Å². The molecule has 0 radical (unpaired) electrons. The highest BCUT2D eigenvalue weighted by atomic mass is 31.2. The first-order valence-corrected chi connectivity index (χ1v) is 13.5. The Labute approximate surface area is 208 Å². The van der Waals surface area contributed by atoms with Gasteiger partial charge in [-0.3, -0.25) is 14.1 Å². The Morgan fingerprint density at radius 3 is 2.03 bits per heavy atom. The van der Waals surface area contributed by atoms with Crippen LogP contribution in [0.5, 0.6) is 0 Å². The average molecular weight is 517 g/mol. The quantitative estimate of drug-likeness (QED) is 0.0910. The second kappa shape index (κ2) is 21.3.